The maximum absolute atomic E-state index is 3.70. The van der Waals surface area contributed by atoms with Gasteiger partial charge < -0.3 is 5.32 Å². The monoisotopic (exact) mass is 409 g/mol. The molecule has 21 heavy (non-hydrogen) atoms. The predicted octanol–water partition coefficient (Wildman–Crippen LogP) is 5.54. The Labute approximate surface area is 144 Å². The number of hydrogen-bond acceptors (Lipinski definition) is 1. The van der Waals surface area contributed by atoms with E-state index in [1.165, 1.54) is 22.0 Å². The van der Waals surface area contributed by atoms with E-state index >= 15 is 0 Å². The molecule has 0 saturated heterocycles. The molecule has 1 atom stereocenters. The van der Waals surface area contributed by atoms with E-state index in [1.54, 1.807) is 0 Å². The first-order chi connectivity index (χ1) is 10.2. The van der Waals surface area contributed by atoms with Crippen LogP contribution in [0.15, 0.2) is 57.5 Å². The quantitative estimate of drug-likeness (QED) is 0.591. The summed E-state index contributed by atoms with van der Waals surface area (Å²) in [6.45, 7) is 4.27. The van der Waals surface area contributed by atoms with Gasteiger partial charge in [-0.05, 0) is 48.7 Å². The van der Waals surface area contributed by atoms with E-state index in [0.29, 0.717) is 5.92 Å². The summed E-state index contributed by atoms with van der Waals surface area (Å²) in [6.07, 6.45) is 2.21. The Hall–Kier alpha value is -0.640. The molecule has 3 heteroatoms. The Morgan fingerprint density at radius 3 is 2.57 bits per heavy atom. The molecule has 0 saturated carbocycles. The maximum atomic E-state index is 3.70. The fraction of sp³-hybridized carbons (Fsp3) is 0.333. The maximum Gasteiger partial charge on any atom is 0.0210 e. The first-order valence-corrected chi connectivity index (χ1v) is 8.99. The Morgan fingerprint density at radius 2 is 1.86 bits per heavy atom. The molecule has 0 radical (unpaired) electrons. The van der Waals surface area contributed by atoms with Crippen molar-refractivity contribution in [3.05, 3.63) is 68.6 Å². The fourth-order valence-corrected chi connectivity index (χ4v) is 3.55. The molecule has 112 valence electrons. The summed E-state index contributed by atoms with van der Waals surface area (Å²) in [5.74, 6) is 0.474. The van der Waals surface area contributed by atoms with E-state index in [4.69, 9.17) is 0 Å². The summed E-state index contributed by atoms with van der Waals surface area (Å²) >= 11 is 7.26. The molecule has 0 aliphatic rings. The largest absolute Gasteiger partial charge is 0.316 e. The molecule has 0 aliphatic heterocycles. The van der Waals surface area contributed by atoms with Crippen LogP contribution in [0.25, 0.3) is 0 Å². The zero-order valence-corrected chi connectivity index (χ0v) is 15.5. The molecule has 1 N–H and O–H groups in total. The van der Waals surface area contributed by atoms with Crippen molar-refractivity contribution >= 4 is 31.9 Å². The van der Waals surface area contributed by atoms with Gasteiger partial charge in [0.25, 0.3) is 0 Å². The van der Waals surface area contributed by atoms with Crippen LogP contribution in [0.1, 0.15) is 30.4 Å². The average Bonchev–Trinajstić information content (AvgIpc) is 2.47. The first-order valence-electron chi connectivity index (χ1n) is 7.40. The number of benzene rings is 2. The van der Waals surface area contributed by atoms with Gasteiger partial charge in [0.05, 0.1) is 0 Å². The Kier molecular flexibility index (Phi) is 6.94. The number of rotatable bonds is 7. The molecule has 0 bridgehead atoms. The van der Waals surface area contributed by atoms with Crippen molar-refractivity contribution in [2.45, 2.75) is 25.7 Å². The highest BCUT2D eigenvalue weighted by Gasteiger charge is 2.15. The highest BCUT2D eigenvalue weighted by molar-refractivity contribution is 9.10. The van der Waals surface area contributed by atoms with Gasteiger partial charge in [-0.15, -0.1) is 0 Å². The van der Waals surface area contributed by atoms with Gasteiger partial charge in [-0.25, -0.2) is 0 Å². The lowest BCUT2D eigenvalue weighted by atomic mass is 9.92. The number of hydrogen-bond donors (Lipinski definition) is 1. The SMILES string of the molecule is CCCNCC(Cc1cccc(Br)c1)c1ccccc1Br. The van der Waals surface area contributed by atoms with Crippen molar-refractivity contribution in [1.82, 2.24) is 5.32 Å². The predicted molar refractivity (Wildman–Crippen MR) is 97.9 cm³/mol. The second kappa shape index (κ2) is 8.72. The Bertz CT molecular complexity index is 569. The zero-order chi connectivity index (χ0) is 15.1. The van der Waals surface area contributed by atoms with Gasteiger partial charge in [-0.1, -0.05) is 69.1 Å². The van der Waals surface area contributed by atoms with Gasteiger partial charge in [0.2, 0.25) is 0 Å². The lowest BCUT2D eigenvalue weighted by Gasteiger charge is -2.20. The standard InChI is InChI=1S/C18H21Br2N/c1-2-10-21-13-15(17-8-3-4-9-18(17)20)11-14-6-5-7-16(19)12-14/h3-9,12,15,21H,2,10-11,13H2,1H3. The van der Waals surface area contributed by atoms with Gasteiger partial charge in [-0.3, -0.25) is 0 Å². The van der Waals surface area contributed by atoms with Crippen LogP contribution in [-0.2, 0) is 6.42 Å². The van der Waals surface area contributed by atoms with Gasteiger partial charge in [-0.2, -0.15) is 0 Å². The second-order valence-electron chi connectivity index (χ2n) is 5.26. The lowest BCUT2D eigenvalue weighted by molar-refractivity contribution is 0.575. The van der Waals surface area contributed by atoms with Crippen molar-refractivity contribution < 1.29 is 0 Å². The molecule has 2 rings (SSSR count). The highest BCUT2D eigenvalue weighted by Crippen LogP contribution is 2.28. The third kappa shape index (κ3) is 5.24. The lowest BCUT2D eigenvalue weighted by Crippen LogP contribution is -2.24. The molecule has 2 aromatic carbocycles. The van der Waals surface area contributed by atoms with E-state index in [1.807, 2.05) is 0 Å². The Balaban J connectivity index is 2.17. The zero-order valence-electron chi connectivity index (χ0n) is 12.3. The first kappa shape index (κ1) is 16.7. The van der Waals surface area contributed by atoms with Crippen LogP contribution in [0.2, 0.25) is 0 Å². The number of nitrogens with one attached hydrogen (secondary N) is 1. The molecule has 0 heterocycles. The minimum atomic E-state index is 0.474. The molecule has 0 aromatic heterocycles. The molecule has 0 spiro atoms. The minimum absolute atomic E-state index is 0.474. The van der Waals surface area contributed by atoms with Gasteiger partial charge in [0, 0.05) is 21.4 Å². The summed E-state index contributed by atoms with van der Waals surface area (Å²) in [5, 5.41) is 3.56. The van der Waals surface area contributed by atoms with Crippen LogP contribution in [-0.4, -0.2) is 13.1 Å². The number of halogens is 2. The molecule has 1 unspecified atom stereocenters. The highest BCUT2D eigenvalue weighted by atomic mass is 79.9. The summed E-state index contributed by atoms with van der Waals surface area (Å²) in [4.78, 5) is 0. The molecular formula is C18H21Br2N. The van der Waals surface area contributed by atoms with Crippen molar-refractivity contribution in [2.24, 2.45) is 0 Å². The van der Waals surface area contributed by atoms with Crippen LogP contribution < -0.4 is 5.32 Å². The molecular weight excluding hydrogens is 390 g/mol. The minimum Gasteiger partial charge on any atom is -0.316 e. The third-order valence-corrected chi connectivity index (χ3v) is 4.75. The fourth-order valence-electron chi connectivity index (χ4n) is 2.50. The smallest absolute Gasteiger partial charge is 0.0210 e. The van der Waals surface area contributed by atoms with Gasteiger partial charge >= 0.3 is 0 Å². The Morgan fingerprint density at radius 1 is 1.05 bits per heavy atom. The van der Waals surface area contributed by atoms with Crippen LogP contribution in [0, 0.1) is 0 Å². The van der Waals surface area contributed by atoms with Crippen LogP contribution in [0.5, 0.6) is 0 Å². The third-order valence-electron chi connectivity index (χ3n) is 3.53. The van der Waals surface area contributed by atoms with Crippen LogP contribution in [0.4, 0.5) is 0 Å². The van der Waals surface area contributed by atoms with Crippen molar-refractivity contribution in [3.8, 4) is 0 Å². The van der Waals surface area contributed by atoms with E-state index in [-0.39, 0.29) is 0 Å². The van der Waals surface area contributed by atoms with E-state index < -0.39 is 0 Å². The molecule has 0 fully saturated rings. The summed E-state index contributed by atoms with van der Waals surface area (Å²) in [6, 6.07) is 17.1. The molecule has 2 aromatic rings. The summed E-state index contributed by atoms with van der Waals surface area (Å²) < 4.78 is 2.34. The summed E-state index contributed by atoms with van der Waals surface area (Å²) in [7, 11) is 0. The van der Waals surface area contributed by atoms with E-state index in [2.05, 4.69) is 92.6 Å². The molecule has 0 aliphatic carbocycles. The summed E-state index contributed by atoms with van der Waals surface area (Å²) in [5.41, 5.74) is 2.74. The normalized spacial score (nSPS) is 12.3. The molecule has 1 nitrogen and oxygen atoms in total. The second-order valence-corrected chi connectivity index (χ2v) is 7.03. The average molecular weight is 411 g/mol. The van der Waals surface area contributed by atoms with Gasteiger partial charge in [0.1, 0.15) is 0 Å². The van der Waals surface area contributed by atoms with E-state index in [0.717, 1.165) is 24.0 Å². The van der Waals surface area contributed by atoms with Crippen molar-refractivity contribution in [3.63, 3.8) is 0 Å². The van der Waals surface area contributed by atoms with Gasteiger partial charge in [0.15, 0.2) is 0 Å². The van der Waals surface area contributed by atoms with Crippen molar-refractivity contribution in [2.75, 3.05) is 13.1 Å². The van der Waals surface area contributed by atoms with E-state index in [9.17, 15) is 0 Å². The topological polar surface area (TPSA) is 12.0 Å². The molecule has 0 amide bonds. The van der Waals surface area contributed by atoms with Crippen LogP contribution >= 0.6 is 31.9 Å². The van der Waals surface area contributed by atoms with Crippen molar-refractivity contribution in [1.29, 1.82) is 0 Å². The van der Waals surface area contributed by atoms with Crippen LogP contribution in [0.3, 0.4) is 0 Å².